The number of allylic oxidation sites excluding steroid dienone is 6. The average molecular weight is 407 g/mol. The topological polar surface area (TPSA) is 18.5 Å². The molecule has 162 valence electrons. The molecule has 0 heterocycles. The van der Waals surface area contributed by atoms with Gasteiger partial charge < -0.3 is 9.47 Å². The van der Waals surface area contributed by atoms with Crippen LogP contribution in [0.2, 0.25) is 0 Å². The van der Waals surface area contributed by atoms with E-state index >= 15 is 0 Å². The maximum absolute atomic E-state index is 5.83. The van der Waals surface area contributed by atoms with Gasteiger partial charge in [-0.1, -0.05) is 64.1 Å². The van der Waals surface area contributed by atoms with Gasteiger partial charge in [0.15, 0.2) is 0 Å². The average Bonchev–Trinajstić information content (AvgIpc) is 2.82. The Balaban J connectivity index is 0.00000198. The van der Waals surface area contributed by atoms with Gasteiger partial charge >= 0.3 is 0 Å². The number of hydrogen-bond donors (Lipinski definition) is 0. The van der Waals surface area contributed by atoms with E-state index in [1.807, 2.05) is 116 Å². The van der Waals surface area contributed by atoms with Gasteiger partial charge in [0.05, 0.1) is 0 Å². The van der Waals surface area contributed by atoms with Crippen LogP contribution < -0.4 is 9.47 Å². The van der Waals surface area contributed by atoms with Gasteiger partial charge in [0.1, 0.15) is 23.0 Å². The van der Waals surface area contributed by atoms with Crippen LogP contribution in [0.1, 0.15) is 55.4 Å². The smallest absolute Gasteiger partial charge is 0.127 e. The molecule has 2 heteroatoms. The lowest BCUT2D eigenvalue weighted by atomic mass is 10.1. The van der Waals surface area contributed by atoms with Crippen molar-refractivity contribution < 1.29 is 9.47 Å². The molecule has 0 N–H and O–H groups in total. The largest absolute Gasteiger partial charge is 0.458 e. The first-order chi connectivity index (χ1) is 14.7. The van der Waals surface area contributed by atoms with E-state index in [2.05, 4.69) is 24.3 Å². The first kappa shape index (κ1) is 27.0. The highest BCUT2D eigenvalue weighted by molar-refractivity contribution is 5.65. The minimum Gasteiger partial charge on any atom is -0.458 e. The monoisotopic (exact) mass is 406 g/mol. The van der Waals surface area contributed by atoms with Crippen molar-refractivity contribution in [3.8, 4) is 22.6 Å². The number of benzene rings is 2. The second-order valence-corrected chi connectivity index (χ2v) is 5.63. The molecule has 0 amide bonds. The Labute approximate surface area is 184 Å². The molecule has 0 aliphatic carbocycles. The second-order valence-electron chi connectivity index (χ2n) is 5.63. The van der Waals surface area contributed by atoms with E-state index in [9.17, 15) is 0 Å². The highest BCUT2D eigenvalue weighted by Crippen LogP contribution is 2.26. The van der Waals surface area contributed by atoms with Crippen molar-refractivity contribution in [1.29, 1.82) is 0 Å². The van der Waals surface area contributed by atoms with Crippen molar-refractivity contribution in [3.63, 3.8) is 0 Å². The minimum absolute atomic E-state index is 0.823. The summed E-state index contributed by atoms with van der Waals surface area (Å²) in [4.78, 5) is 0. The van der Waals surface area contributed by atoms with Crippen molar-refractivity contribution in [1.82, 2.24) is 0 Å². The Bertz CT molecular complexity index is 733. The number of ether oxygens (including phenoxy) is 2. The van der Waals surface area contributed by atoms with Crippen molar-refractivity contribution in [2.45, 2.75) is 55.4 Å². The van der Waals surface area contributed by atoms with E-state index in [0.29, 0.717) is 0 Å². The van der Waals surface area contributed by atoms with Crippen molar-refractivity contribution >= 4 is 0 Å². The molecule has 0 atom stereocenters. The highest BCUT2D eigenvalue weighted by atomic mass is 16.5. The van der Waals surface area contributed by atoms with E-state index in [0.717, 1.165) is 34.1 Å². The Kier molecular flexibility index (Phi) is 15.2. The van der Waals surface area contributed by atoms with Gasteiger partial charge in [-0.3, -0.25) is 0 Å². The van der Waals surface area contributed by atoms with Crippen LogP contribution in [-0.4, -0.2) is 0 Å². The Hall–Kier alpha value is -3.00. The highest BCUT2D eigenvalue weighted by Gasteiger charge is 2.02. The lowest BCUT2D eigenvalue weighted by molar-refractivity contribution is 0.443. The molecule has 0 radical (unpaired) electrons. The molecule has 0 saturated heterocycles. The first-order valence-corrected chi connectivity index (χ1v) is 10.8. The predicted octanol–water partition coefficient (Wildman–Crippen LogP) is 9.12. The van der Waals surface area contributed by atoms with E-state index in [1.54, 1.807) is 0 Å². The number of rotatable bonds is 7. The maximum atomic E-state index is 5.83. The summed E-state index contributed by atoms with van der Waals surface area (Å²) in [6.45, 7) is 15.9. The summed E-state index contributed by atoms with van der Waals surface area (Å²) in [5.74, 6) is 3.32. The molecule has 0 aliphatic rings. The lowest BCUT2D eigenvalue weighted by Gasteiger charge is -2.09. The van der Waals surface area contributed by atoms with Crippen LogP contribution in [-0.2, 0) is 0 Å². The molecule has 2 aromatic rings. The summed E-state index contributed by atoms with van der Waals surface area (Å²) in [5, 5.41) is 0. The van der Waals surface area contributed by atoms with Gasteiger partial charge in [-0.15, -0.1) is 0 Å². The van der Waals surface area contributed by atoms with Gasteiger partial charge in [0, 0.05) is 0 Å². The summed E-state index contributed by atoms with van der Waals surface area (Å²) in [6, 6.07) is 16.2. The van der Waals surface area contributed by atoms with E-state index in [1.165, 1.54) is 0 Å². The third-order valence-corrected chi connectivity index (χ3v) is 3.74. The van der Waals surface area contributed by atoms with Crippen LogP contribution >= 0.6 is 0 Å². The van der Waals surface area contributed by atoms with Gasteiger partial charge in [0.25, 0.3) is 0 Å². The molecule has 0 unspecified atom stereocenters. The van der Waals surface area contributed by atoms with Crippen molar-refractivity contribution in [2.75, 3.05) is 0 Å². The summed E-state index contributed by atoms with van der Waals surface area (Å²) in [7, 11) is 0. The van der Waals surface area contributed by atoms with E-state index in [-0.39, 0.29) is 0 Å². The van der Waals surface area contributed by atoms with Crippen LogP contribution in [0.4, 0.5) is 0 Å². The fraction of sp³-hybridized carbons (Fsp3) is 0.286. The molecule has 0 fully saturated rings. The summed E-state index contributed by atoms with van der Waals surface area (Å²) in [5.41, 5.74) is 2.27. The molecule has 0 saturated carbocycles. The van der Waals surface area contributed by atoms with Crippen LogP contribution in [0.25, 0.3) is 11.1 Å². The third kappa shape index (κ3) is 9.47. The van der Waals surface area contributed by atoms with Gasteiger partial charge in [-0.2, -0.15) is 0 Å². The zero-order valence-corrected chi connectivity index (χ0v) is 19.9. The molecule has 2 nitrogen and oxygen atoms in total. The molecule has 30 heavy (non-hydrogen) atoms. The molecular weight excluding hydrogens is 368 g/mol. The van der Waals surface area contributed by atoms with Crippen LogP contribution in [0.3, 0.4) is 0 Å². The third-order valence-electron chi connectivity index (χ3n) is 3.74. The zero-order chi connectivity index (χ0) is 22.8. The lowest BCUT2D eigenvalue weighted by Crippen LogP contribution is -1.92. The first-order valence-electron chi connectivity index (χ1n) is 10.8. The second kappa shape index (κ2) is 16.9. The molecule has 2 rings (SSSR count). The summed E-state index contributed by atoms with van der Waals surface area (Å²) < 4.78 is 11.7. The quantitative estimate of drug-likeness (QED) is 0.337. The molecule has 0 aromatic heterocycles. The molecule has 0 aliphatic heterocycles. The van der Waals surface area contributed by atoms with Crippen molar-refractivity contribution in [3.05, 3.63) is 96.5 Å². The van der Waals surface area contributed by atoms with E-state index in [4.69, 9.17) is 9.47 Å². The Morgan fingerprint density at radius 2 is 0.833 bits per heavy atom. The van der Waals surface area contributed by atoms with Crippen LogP contribution in [0, 0.1) is 0 Å². The van der Waals surface area contributed by atoms with E-state index < -0.39 is 0 Å². The summed E-state index contributed by atoms with van der Waals surface area (Å²) in [6.07, 6.45) is 11.7. The molecule has 2 aromatic carbocycles. The number of hydrogen-bond acceptors (Lipinski definition) is 2. The molecule has 0 spiro atoms. The molecular formula is C28H38O2. The Morgan fingerprint density at radius 3 is 1.07 bits per heavy atom. The predicted molar refractivity (Wildman–Crippen MR) is 133 cm³/mol. The maximum Gasteiger partial charge on any atom is 0.127 e. The fourth-order valence-corrected chi connectivity index (χ4v) is 2.41. The zero-order valence-electron chi connectivity index (χ0n) is 19.9. The van der Waals surface area contributed by atoms with Gasteiger partial charge in [0.2, 0.25) is 0 Å². The normalized spacial score (nSPS) is 11.5. The standard InChI is InChI=1S/C24H26O2.2C2H6/c1-5-9-21(7-3)25-23-15-11-19(12-16-23)20-13-17-24(18-14-20)26-22(8-4)10-6-2;2*1-2/h5-18H,1-4H3;2*1-2H3/b9-5-,10-6-,21-7+,22-8+;;. The van der Waals surface area contributed by atoms with Crippen LogP contribution in [0.15, 0.2) is 96.5 Å². The van der Waals surface area contributed by atoms with Crippen LogP contribution in [0.5, 0.6) is 11.5 Å². The fourth-order valence-electron chi connectivity index (χ4n) is 2.41. The van der Waals surface area contributed by atoms with Gasteiger partial charge in [-0.25, -0.2) is 0 Å². The summed E-state index contributed by atoms with van der Waals surface area (Å²) >= 11 is 0. The van der Waals surface area contributed by atoms with Gasteiger partial charge in [-0.05, 0) is 87.4 Å². The molecule has 0 bridgehead atoms. The Morgan fingerprint density at radius 1 is 0.533 bits per heavy atom. The minimum atomic E-state index is 0.823. The SMILES string of the molecule is C/C=C\C(=C/C)Oc1ccc(-c2ccc(OC(/C=C\C)=C/C)cc2)cc1.CC.CC. The van der Waals surface area contributed by atoms with Crippen molar-refractivity contribution in [2.24, 2.45) is 0 Å².